The summed E-state index contributed by atoms with van der Waals surface area (Å²) in [5.74, 6) is 1.03. The Bertz CT molecular complexity index is 514. The summed E-state index contributed by atoms with van der Waals surface area (Å²) in [5.41, 5.74) is 2.35. The highest BCUT2D eigenvalue weighted by atomic mass is 16.5. The van der Waals surface area contributed by atoms with Crippen molar-refractivity contribution in [1.29, 1.82) is 0 Å². The van der Waals surface area contributed by atoms with Crippen molar-refractivity contribution in [3.63, 3.8) is 0 Å². The van der Waals surface area contributed by atoms with Crippen molar-refractivity contribution in [1.82, 2.24) is 10.1 Å². The fourth-order valence-corrected chi connectivity index (χ4v) is 1.54. The number of benzene rings is 1. The van der Waals surface area contributed by atoms with Crippen LogP contribution in [0.2, 0.25) is 0 Å². The summed E-state index contributed by atoms with van der Waals surface area (Å²) in [6.45, 7) is 3.55. The van der Waals surface area contributed by atoms with Gasteiger partial charge in [-0.05, 0) is 19.4 Å². The van der Waals surface area contributed by atoms with Crippen molar-refractivity contribution >= 4 is 5.78 Å². The lowest BCUT2D eigenvalue weighted by molar-refractivity contribution is -0.116. The minimum Gasteiger partial charge on any atom is -0.339 e. The van der Waals surface area contributed by atoms with Crippen LogP contribution in [-0.4, -0.2) is 15.9 Å². The van der Waals surface area contributed by atoms with Gasteiger partial charge in [-0.1, -0.05) is 35.0 Å². The third-order valence-electron chi connectivity index (χ3n) is 2.39. The lowest BCUT2D eigenvalue weighted by Gasteiger charge is -1.96. The summed E-state index contributed by atoms with van der Waals surface area (Å²) < 4.78 is 4.99. The Morgan fingerprint density at radius 1 is 1.29 bits per heavy atom. The number of hydrogen-bond donors (Lipinski definition) is 0. The summed E-state index contributed by atoms with van der Waals surface area (Å²) in [7, 11) is 0. The van der Waals surface area contributed by atoms with E-state index in [-0.39, 0.29) is 12.2 Å². The van der Waals surface area contributed by atoms with Gasteiger partial charge in [0.25, 0.3) is 0 Å². The van der Waals surface area contributed by atoms with E-state index >= 15 is 0 Å². The molecule has 4 heteroatoms. The zero-order chi connectivity index (χ0) is 12.3. The SMILES string of the molecule is CC(=O)Cc1nc(Cc2ccc(C)cc2)no1. The first-order chi connectivity index (χ1) is 8.13. The molecule has 17 heavy (non-hydrogen) atoms. The van der Waals surface area contributed by atoms with Crippen LogP contribution >= 0.6 is 0 Å². The maximum absolute atomic E-state index is 10.9. The van der Waals surface area contributed by atoms with Crippen LogP contribution in [-0.2, 0) is 17.6 Å². The van der Waals surface area contributed by atoms with Crippen molar-refractivity contribution < 1.29 is 9.32 Å². The van der Waals surface area contributed by atoms with E-state index in [1.807, 2.05) is 31.2 Å². The summed E-state index contributed by atoms with van der Waals surface area (Å²) in [5, 5.41) is 3.85. The van der Waals surface area contributed by atoms with Gasteiger partial charge in [-0.2, -0.15) is 4.98 Å². The second-order valence-corrected chi connectivity index (χ2v) is 4.15. The van der Waals surface area contributed by atoms with Crippen molar-refractivity contribution in [3.8, 4) is 0 Å². The van der Waals surface area contributed by atoms with Crippen LogP contribution in [0.3, 0.4) is 0 Å². The standard InChI is InChI=1S/C13H14N2O2/c1-9-3-5-11(6-4-9)8-12-14-13(17-15-12)7-10(2)16/h3-6H,7-8H2,1-2H3. The van der Waals surface area contributed by atoms with Gasteiger partial charge in [0.2, 0.25) is 5.89 Å². The van der Waals surface area contributed by atoms with Gasteiger partial charge >= 0.3 is 0 Å². The van der Waals surface area contributed by atoms with E-state index in [0.29, 0.717) is 18.1 Å². The fraction of sp³-hybridized carbons (Fsp3) is 0.308. The molecular formula is C13H14N2O2. The molecular weight excluding hydrogens is 216 g/mol. The van der Waals surface area contributed by atoms with Crippen LogP contribution in [0.15, 0.2) is 28.8 Å². The number of ketones is 1. The second kappa shape index (κ2) is 4.91. The van der Waals surface area contributed by atoms with E-state index in [1.165, 1.54) is 12.5 Å². The molecule has 0 fully saturated rings. The third kappa shape index (κ3) is 3.24. The number of rotatable bonds is 4. The lowest BCUT2D eigenvalue weighted by Crippen LogP contribution is -1.97. The predicted octanol–water partition coefficient (Wildman–Crippen LogP) is 2.10. The lowest BCUT2D eigenvalue weighted by atomic mass is 10.1. The Morgan fingerprint density at radius 3 is 2.65 bits per heavy atom. The van der Waals surface area contributed by atoms with Gasteiger partial charge in [0.1, 0.15) is 5.78 Å². The Balaban J connectivity index is 2.06. The molecule has 0 aliphatic carbocycles. The maximum Gasteiger partial charge on any atom is 0.234 e. The normalized spacial score (nSPS) is 10.5. The highest BCUT2D eigenvalue weighted by molar-refractivity contribution is 5.77. The molecule has 0 radical (unpaired) electrons. The molecule has 0 atom stereocenters. The predicted molar refractivity (Wildman–Crippen MR) is 62.7 cm³/mol. The number of aryl methyl sites for hydroxylation is 1. The largest absolute Gasteiger partial charge is 0.339 e. The summed E-state index contributed by atoms with van der Waals surface area (Å²) in [6.07, 6.45) is 0.836. The van der Waals surface area contributed by atoms with E-state index in [1.54, 1.807) is 0 Å². The third-order valence-corrected chi connectivity index (χ3v) is 2.39. The van der Waals surface area contributed by atoms with Crippen molar-refractivity contribution in [2.24, 2.45) is 0 Å². The average molecular weight is 230 g/mol. The zero-order valence-electron chi connectivity index (χ0n) is 9.93. The van der Waals surface area contributed by atoms with Crippen LogP contribution in [0.1, 0.15) is 29.8 Å². The highest BCUT2D eigenvalue weighted by Gasteiger charge is 2.08. The Kier molecular flexibility index (Phi) is 3.32. The van der Waals surface area contributed by atoms with Crippen LogP contribution in [0.4, 0.5) is 0 Å². The molecule has 0 spiro atoms. The Labute approximate surface area is 99.7 Å². The van der Waals surface area contributed by atoms with Gasteiger partial charge in [-0.15, -0.1) is 0 Å². The minimum absolute atomic E-state index is 0.0236. The molecule has 2 rings (SSSR count). The van der Waals surface area contributed by atoms with E-state index in [4.69, 9.17) is 4.52 Å². The van der Waals surface area contributed by atoms with Crippen LogP contribution in [0.5, 0.6) is 0 Å². The number of Topliss-reactive ketones (excluding diaryl/α,β-unsaturated/α-hetero) is 1. The van der Waals surface area contributed by atoms with Crippen LogP contribution in [0.25, 0.3) is 0 Å². The molecule has 0 aliphatic rings. The summed E-state index contributed by atoms with van der Waals surface area (Å²) in [6, 6.07) is 8.17. The molecule has 2 aromatic rings. The van der Waals surface area contributed by atoms with E-state index < -0.39 is 0 Å². The number of carbonyl (C=O) groups is 1. The number of carbonyl (C=O) groups excluding carboxylic acids is 1. The van der Waals surface area contributed by atoms with Gasteiger partial charge in [0.15, 0.2) is 5.82 Å². The van der Waals surface area contributed by atoms with Crippen molar-refractivity contribution in [2.75, 3.05) is 0 Å². The van der Waals surface area contributed by atoms with E-state index in [2.05, 4.69) is 10.1 Å². The number of nitrogens with zero attached hydrogens (tertiary/aromatic N) is 2. The average Bonchev–Trinajstić information content (AvgIpc) is 2.68. The van der Waals surface area contributed by atoms with Crippen LogP contribution in [0, 0.1) is 6.92 Å². The molecule has 0 N–H and O–H groups in total. The van der Waals surface area contributed by atoms with Crippen molar-refractivity contribution in [2.45, 2.75) is 26.7 Å². The molecule has 0 saturated heterocycles. The fourth-order valence-electron chi connectivity index (χ4n) is 1.54. The first kappa shape index (κ1) is 11.5. The molecule has 0 bridgehead atoms. The zero-order valence-corrected chi connectivity index (χ0v) is 9.93. The Hall–Kier alpha value is -1.97. The molecule has 1 aromatic carbocycles. The van der Waals surface area contributed by atoms with E-state index in [0.717, 1.165) is 5.56 Å². The second-order valence-electron chi connectivity index (χ2n) is 4.15. The molecule has 1 heterocycles. The van der Waals surface area contributed by atoms with Gasteiger partial charge in [-0.3, -0.25) is 4.79 Å². The summed E-state index contributed by atoms with van der Waals surface area (Å²) >= 11 is 0. The number of aromatic nitrogens is 2. The molecule has 1 aromatic heterocycles. The molecule has 0 saturated carbocycles. The quantitative estimate of drug-likeness (QED) is 0.807. The van der Waals surface area contributed by atoms with Gasteiger partial charge in [-0.25, -0.2) is 0 Å². The molecule has 0 amide bonds. The molecule has 0 unspecified atom stereocenters. The summed E-state index contributed by atoms with van der Waals surface area (Å²) in [4.78, 5) is 15.1. The minimum atomic E-state index is 0.0236. The van der Waals surface area contributed by atoms with Gasteiger partial charge in [0.05, 0.1) is 6.42 Å². The molecule has 0 aliphatic heterocycles. The number of hydrogen-bond acceptors (Lipinski definition) is 4. The van der Waals surface area contributed by atoms with Crippen LogP contribution < -0.4 is 0 Å². The van der Waals surface area contributed by atoms with Crippen molar-refractivity contribution in [3.05, 3.63) is 47.1 Å². The monoisotopic (exact) mass is 230 g/mol. The van der Waals surface area contributed by atoms with E-state index in [9.17, 15) is 4.79 Å². The maximum atomic E-state index is 10.9. The highest BCUT2D eigenvalue weighted by Crippen LogP contribution is 2.08. The topological polar surface area (TPSA) is 56.0 Å². The molecule has 88 valence electrons. The van der Waals surface area contributed by atoms with Gasteiger partial charge in [0, 0.05) is 6.42 Å². The first-order valence-corrected chi connectivity index (χ1v) is 5.50. The van der Waals surface area contributed by atoms with Gasteiger partial charge < -0.3 is 4.52 Å². The first-order valence-electron chi connectivity index (χ1n) is 5.50. The smallest absolute Gasteiger partial charge is 0.234 e. The Morgan fingerprint density at radius 2 is 2.00 bits per heavy atom. The molecule has 4 nitrogen and oxygen atoms in total.